The second kappa shape index (κ2) is 14.8. The molecule has 0 unspecified atom stereocenters. The van der Waals surface area contributed by atoms with Gasteiger partial charge in [-0.25, -0.2) is 0 Å². The van der Waals surface area contributed by atoms with Gasteiger partial charge in [0.1, 0.15) is 0 Å². The van der Waals surface area contributed by atoms with Crippen LogP contribution in [0.25, 0.3) is 0 Å². The lowest BCUT2D eigenvalue weighted by molar-refractivity contribution is -0.0769. The molecule has 2 aromatic carbocycles. The largest absolute Gasteiger partial charge is 0.371 e. The van der Waals surface area contributed by atoms with E-state index in [0.29, 0.717) is 25.3 Å². The number of ether oxygens (including phenoxy) is 2. The number of benzene rings is 2. The highest BCUT2D eigenvalue weighted by Gasteiger charge is 2.28. The number of aryl methyl sites for hydroxylation is 1. The summed E-state index contributed by atoms with van der Waals surface area (Å²) in [6, 6.07) is 16.7. The molecule has 3 rings (SSSR count). The molecule has 1 heterocycles. The van der Waals surface area contributed by atoms with Gasteiger partial charge < -0.3 is 9.47 Å². The van der Waals surface area contributed by atoms with Crippen LogP contribution in [0.1, 0.15) is 62.3 Å². The molecule has 0 saturated heterocycles. The summed E-state index contributed by atoms with van der Waals surface area (Å²) in [5.41, 5.74) is 2.51. The molecule has 0 bridgehead atoms. The SMILES string of the molecule is C=CCO[C@H](Cc1cnnn1S(=O)(=O)c1ccc(C)cc1)[C@@H](CCCCCCC)OCc1ccccc1. The van der Waals surface area contributed by atoms with Crippen LogP contribution in [0.2, 0.25) is 0 Å². The second-order valence-electron chi connectivity index (χ2n) is 9.29. The molecule has 0 fully saturated rings. The summed E-state index contributed by atoms with van der Waals surface area (Å²) in [6.07, 6.45) is 9.38. The first-order chi connectivity index (χ1) is 18.0. The van der Waals surface area contributed by atoms with Gasteiger partial charge in [-0.15, -0.1) is 15.8 Å². The van der Waals surface area contributed by atoms with Crippen molar-refractivity contribution in [3.63, 3.8) is 0 Å². The first-order valence-electron chi connectivity index (χ1n) is 13.1. The molecule has 0 saturated carbocycles. The zero-order valence-corrected chi connectivity index (χ0v) is 22.8. The molecule has 200 valence electrons. The Morgan fingerprint density at radius 3 is 2.41 bits per heavy atom. The summed E-state index contributed by atoms with van der Waals surface area (Å²) in [4.78, 5) is 0.168. The van der Waals surface area contributed by atoms with Crippen LogP contribution in [0.4, 0.5) is 0 Å². The normalized spacial score (nSPS) is 13.4. The summed E-state index contributed by atoms with van der Waals surface area (Å²) in [5.74, 6) is 0. The fourth-order valence-electron chi connectivity index (χ4n) is 4.19. The standard InChI is InChI=1S/C29H39N3O4S/c1-4-6-7-8-12-15-28(36-23-25-13-10-9-11-14-25)29(35-20-5-2)21-26-22-30-31-32(26)37(33,34)27-18-16-24(3)17-19-27/h5,9-11,13-14,16-19,22,28-29H,2,4,6-8,12,15,20-21,23H2,1,3H3/t28-,29-/m1/s1. The molecule has 0 aliphatic carbocycles. The quantitative estimate of drug-likeness (QED) is 0.162. The molecule has 0 radical (unpaired) electrons. The van der Waals surface area contributed by atoms with Crippen molar-refractivity contribution in [1.82, 2.24) is 14.4 Å². The Morgan fingerprint density at radius 2 is 1.70 bits per heavy atom. The zero-order valence-electron chi connectivity index (χ0n) is 22.0. The van der Waals surface area contributed by atoms with Gasteiger partial charge in [0, 0.05) is 6.42 Å². The number of nitrogens with zero attached hydrogens (tertiary/aromatic N) is 3. The molecular weight excluding hydrogens is 486 g/mol. The fourth-order valence-corrected chi connectivity index (χ4v) is 5.44. The maximum Gasteiger partial charge on any atom is 0.284 e. The molecule has 0 N–H and O–H groups in total. The van der Waals surface area contributed by atoms with E-state index in [-0.39, 0.29) is 11.0 Å². The summed E-state index contributed by atoms with van der Waals surface area (Å²) >= 11 is 0. The van der Waals surface area contributed by atoms with Gasteiger partial charge in [0.05, 0.1) is 42.2 Å². The van der Waals surface area contributed by atoms with Crippen LogP contribution in [0.15, 0.2) is 78.3 Å². The summed E-state index contributed by atoms with van der Waals surface area (Å²) in [7, 11) is -3.89. The highest BCUT2D eigenvalue weighted by molar-refractivity contribution is 7.89. The Bertz CT molecular complexity index is 1180. The first kappa shape index (κ1) is 28.8. The molecular formula is C29H39N3O4S. The maximum atomic E-state index is 13.3. The third-order valence-corrected chi connectivity index (χ3v) is 7.91. The van der Waals surface area contributed by atoms with Gasteiger partial charge >= 0.3 is 0 Å². The van der Waals surface area contributed by atoms with Crippen LogP contribution >= 0.6 is 0 Å². The van der Waals surface area contributed by atoms with E-state index in [4.69, 9.17) is 9.47 Å². The van der Waals surface area contributed by atoms with Crippen molar-refractivity contribution in [2.45, 2.75) is 82.5 Å². The summed E-state index contributed by atoms with van der Waals surface area (Å²) in [6.45, 7) is 8.69. The van der Waals surface area contributed by atoms with Crippen LogP contribution in [0.3, 0.4) is 0 Å². The summed E-state index contributed by atoms with van der Waals surface area (Å²) < 4.78 is 40.3. The van der Waals surface area contributed by atoms with Crippen molar-refractivity contribution >= 4 is 10.0 Å². The minimum atomic E-state index is -3.89. The molecule has 0 aliphatic heterocycles. The van der Waals surface area contributed by atoms with Crippen molar-refractivity contribution in [1.29, 1.82) is 0 Å². The van der Waals surface area contributed by atoms with E-state index in [9.17, 15) is 8.42 Å². The van der Waals surface area contributed by atoms with Gasteiger partial charge in [0.15, 0.2) is 0 Å². The van der Waals surface area contributed by atoms with Gasteiger partial charge in [-0.05, 0) is 31.0 Å². The highest BCUT2D eigenvalue weighted by Crippen LogP contribution is 2.22. The Labute approximate surface area is 221 Å². The lowest BCUT2D eigenvalue weighted by Gasteiger charge is -2.27. The Hall–Kier alpha value is -2.81. The molecule has 0 spiro atoms. The van der Waals surface area contributed by atoms with Gasteiger partial charge in [-0.3, -0.25) is 0 Å². The Morgan fingerprint density at radius 1 is 0.973 bits per heavy atom. The maximum absolute atomic E-state index is 13.3. The minimum Gasteiger partial charge on any atom is -0.371 e. The van der Waals surface area contributed by atoms with E-state index in [1.165, 1.54) is 25.5 Å². The van der Waals surface area contributed by atoms with Gasteiger partial charge in [-0.2, -0.15) is 8.42 Å². The number of aromatic nitrogens is 3. The van der Waals surface area contributed by atoms with E-state index >= 15 is 0 Å². The number of hydrogen-bond acceptors (Lipinski definition) is 6. The van der Waals surface area contributed by atoms with E-state index in [2.05, 4.69) is 23.8 Å². The average molecular weight is 526 g/mol. The fraction of sp³-hybridized carbons (Fsp3) is 0.448. The van der Waals surface area contributed by atoms with Crippen LogP contribution in [-0.4, -0.2) is 41.6 Å². The van der Waals surface area contributed by atoms with E-state index in [1.54, 1.807) is 30.3 Å². The number of rotatable bonds is 17. The van der Waals surface area contributed by atoms with Crippen LogP contribution in [0.5, 0.6) is 0 Å². The second-order valence-corrected chi connectivity index (χ2v) is 11.1. The van der Waals surface area contributed by atoms with E-state index < -0.39 is 16.1 Å². The predicted molar refractivity (Wildman–Crippen MR) is 146 cm³/mol. The Balaban J connectivity index is 1.82. The lowest BCUT2D eigenvalue weighted by Crippen LogP contribution is -2.35. The molecule has 0 aliphatic rings. The molecule has 2 atom stereocenters. The van der Waals surface area contributed by atoms with Crippen LogP contribution in [-0.2, 0) is 32.5 Å². The van der Waals surface area contributed by atoms with Crippen LogP contribution < -0.4 is 0 Å². The van der Waals surface area contributed by atoms with E-state index in [1.807, 2.05) is 37.3 Å². The van der Waals surface area contributed by atoms with Crippen molar-refractivity contribution in [3.05, 3.63) is 90.3 Å². The van der Waals surface area contributed by atoms with Gasteiger partial charge in [0.25, 0.3) is 10.0 Å². The average Bonchev–Trinajstić information content (AvgIpc) is 3.38. The molecule has 3 aromatic rings. The van der Waals surface area contributed by atoms with E-state index in [0.717, 1.165) is 34.5 Å². The minimum absolute atomic E-state index is 0.168. The molecule has 8 heteroatoms. The third kappa shape index (κ3) is 8.62. The van der Waals surface area contributed by atoms with Crippen molar-refractivity contribution in [2.24, 2.45) is 0 Å². The molecule has 7 nitrogen and oxygen atoms in total. The monoisotopic (exact) mass is 525 g/mol. The highest BCUT2D eigenvalue weighted by atomic mass is 32.2. The topological polar surface area (TPSA) is 83.3 Å². The van der Waals surface area contributed by atoms with Crippen LogP contribution in [0, 0.1) is 6.92 Å². The predicted octanol–water partition coefficient (Wildman–Crippen LogP) is 5.88. The third-order valence-electron chi connectivity index (χ3n) is 6.28. The van der Waals surface area contributed by atoms with Crippen molar-refractivity contribution in [2.75, 3.05) is 6.61 Å². The smallest absolute Gasteiger partial charge is 0.284 e. The van der Waals surface area contributed by atoms with Gasteiger partial charge in [-0.1, -0.05) is 98.3 Å². The summed E-state index contributed by atoms with van der Waals surface area (Å²) in [5, 5.41) is 7.86. The Kier molecular flexibility index (Phi) is 11.5. The van der Waals surface area contributed by atoms with Crippen molar-refractivity contribution < 1.29 is 17.9 Å². The first-order valence-corrected chi connectivity index (χ1v) is 14.5. The number of unbranched alkanes of at least 4 members (excludes halogenated alkanes) is 4. The lowest BCUT2D eigenvalue weighted by atomic mass is 10.0. The number of hydrogen-bond donors (Lipinski definition) is 0. The molecule has 1 aromatic heterocycles. The molecule has 37 heavy (non-hydrogen) atoms. The van der Waals surface area contributed by atoms with Crippen molar-refractivity contribution in [3.8, 4) is 0 Å². The van der Waals surface area contributed by atoms with Gasteiger partial charge in [0.2, 0.25) is 0 Å². The zero-order chi connectivity index (χ0) is 26.5. The molecule has 0 amide bonds.